The molecule has 4 saturated carbocycles. The summed E-state index contributed by atoms with van der Waals surface area (Å²) in [5, 5.41) is 0. The molecule has 4 aliphatic rings. The summed E-state index contributed by atoms with van der Waals surface area (Å²) in [6.07, 6.45) is 12.9. The van der Waals surface area contributed by atoms with E-state index in [4.69, 9.17) is 4.74 Å². The van der Waals surface area contributed by atoms with Gasteiger partial charge in [0.05, 0.1) is 6.10 Å². The number of nitrogens with zero attached hydrogens (tertiary/aromatic N) is 1. The molecule has 2 nitrogen and oxygen atoms in total. The first kappa shape index (κ1) is 22.3. The van der Waals surface area contributed by atoms with Gasteiger partial charge in [0.15, 0.2) is 0 Å². The van der Waals surface area contributed by atoms with Gasteiger partial charge in [0.25, 0.3) is 0 Å². The predicted molar refractivity (Wildman–Crippen MR) is 134 cm³/mol. The van der Waals surface area contributed by atoms with E-state index in [0.717, 1.165) is 29.2 Å². The highest BCUT2D eigenvalue weighted by molar-refractivity contribution is 5.49. The Kier molecular flexibility index (Phi) is 5.86. The molecule has 0 spiro atoms. The third kappa shape index (κ3) is 3.60. The molecule has 4 fully saturated rings. The van der Waals surface area contributed by atoms with Crippen LogP contribution in [-0.2, 0) is 4.74 Å². The van der Waals surface area contributed by atoms with Crippen molar-refractivity contribution in [3.8, 4) is 11.8 Å². The van der Waals surface area contributed by atoms with Gasteiger partial charge in [0.1, 0.15) is 0 Å². The molecular formula is C30H43NO. The summed E-state index contributed by atoms with van der Waals surface area (Å²) in [5.74, 6) is 11.4. The second-order valence-corrected chi connectivity index (χ2v) is 12.2. The summed E-state index contributed by atoms with van der Waals surface area (Å²) < 4.78 is 5.97. The van der Waals surface area contributed by atoms with Gasteiger partial charge in [0, 0.05) is 38.4 Å². The molecule has 1 aromatic carbocycles. The van der Waals surface area contributed by atoms with Crippen molar-refractivity contribution in [2.75, 3.05) is 26.1 Å². The summed E-state index contributed by atoms with van der Waals surface area (Å²) in [7, 11) is 6.12. The lowest BCUT2D eigenvalue weighted by molar-refractivity contribution is -0.128. The number of methoxy groups -OCH3 is 1. The van der Waals surface area contributed by atoms with Gasteiger partial charge < -0.3 is 9.64 Å². The van der Waals surface area contributed by atoms with E-state index in [1.165, 1.54) is 63.5 Å². The Balaban J connectivity index is 1.27. The summed E-state index contributed by atoms with van der Waals surface area (Å²) in [6, 6.07) is 8.71. The molecule has 1 aromatic rings. The number of hydrogen-bond acceptors (Lipinski definition) is 2. The van der Waals surface area contributed by atoms with Gasteiger partial charge in [-0.1, -0.05) is 25.7 Å². The van der Waals surface area contributed by atoms with E-state index in [9.17, 15) is 0 Å². The molecule has 2 heteroatoms. The van der Waals surface area contributed by atoms with Crippen LogP contribution in [0.5, 0.6) is 0 Å². The van der Waals surface area contributed by atoms with Gasteiger partial charge in [-0.2, -0.15) is 0 Å². The first-order chi connectivity index (χ1) is 15.3. The SMILES string of the molecule is COC1CC[C@H]2[C@@H]3CCC4CC(C#Cc5ccc(N(C)C)cc5)CC[C@]4(C)[C@@H]3CC[C@]12C. The maximum absolute atomic E-state index is 5.97. The summed E-state index contributed by atoms with van der Waals surface area (Å²) >= 11 is 0. The molecule has 0 heterocycles. The Morgan fingerprint density at radius 1 is 0.875 bits per heavy atom. The Labute approximate surface area is 196 Å². The zero-order chi connectivity index (χ0) is 22.5. The van der Waals surface area contributed by atoms with Crippen molar-refractivity contribution in [1.82, 2.24) is 0 Å². The number of benzene rings is 1. The minimum atomic E-state index is 0.434. The summed E-state index contributed by atoms with van der Waals surface area (Å²) in [6.45, 7) is 5.23. The zero-order valence-electron chi connectivity index (χ0n) is 21.0. The van der Waals surface area contributed by atoms with Crippen LogP contribution < -0.4 is 4.90 Å². The van der Waals surface area contributed by atoms with Crippen molar-refractivity contribution in [2.45, 2.75) is 77.7 Å². The number of hydrogen-bond donors (Lipinski definition) is 0. The first-order valence-electron chi connectivity index (χ1n) is 13.2. The van der Waals surface area contributed by atoms with Gasteiger partial charge in [-0.15, -0.1) is 0 Å². The van der Waals surface area contributed by atoms with Crippen LogP contribution in [0.2, 0.25) is 0 Å². The minimum Gasteiger partial charge on any atom is -0.381 e. The lowest BCUT2D eigenvalue weighted by Gasteiger charge is -2.60. The van der Waals surface area contributed by atoms with Crippen molar-refractivity contribution in [3.63, 3.8) is 0 Å². The number of rotatable bonds is 2. The molecular weight excluding hydrogens is 390 g/mol. The highest BCUT2D eigenvalue weighted by Gasteiger charge is 2.60. The van der Waals surface area contributed by atoms with Crippen LogP contribution in [0.25, 0.3) is 0 Å². The molecule has 0 aromatic heterocycles. The van der Waals surface area contributed by atoms with E-state index >= 15 is 0 Å². The van der Waals surface area contributed by atoms with Crippen LogP contribution in [0.4, 0.5) is 5.69 Å². The summed E-state index contributed by atoms with van der Waals surface area (Å²) in [5.41, 5.74) is 3.38. The Morgan fingerprint density at radius 2 is 1.59 bits per heavy atom. The Morgan fingerprint density at radius 3 is 2.31 bits per heavy atom. The van der Waals surface area contributed by atoms with Gasteiger partial charge >= 0.3 is 0 Å². The quantitative estimate of drug-likeness (QED) is 0.477. The number of ether oxygens (including phenoxy) is 1. The molecule has 3 unspecified atom stereocenters. The van der Waals surface area contributed by atoms with Gasteiger partial charge in [-0.25, -0.2) is 0 Å². The molecule has 0 N–H and O–H groups in total. The average molecular weight is 434 g/mol. The fraction of sp³-hybridized carbons (Fsp3) is 0.733. The molecule has 0 amide bonds. The molecule has 0 aliphatic heterocycles. The molecule has 174 valence electrons. The van der Waals surface area contributed by atoms with Crippen LogP contribution in [0.3, 0.4) is 0 Å². The first-order valence-corrected chi connectivity index (χ1v) is 13.2. The van der Waals surface area contributed by atoms with E-state index in [-0.39, 0.29) is 0 Å². The third-order valence-electron chi connectivity index (χ3n) is 10.7. The topological polar surface area (TPSA) is 12.5 Å². The van der Waals surface area contributed by atoms with E-state index in [0.29, 0.717) is 22.9 Å². The normalized spacial score (nSPS) is 42.8. The highest BCUT2D eigenvalue weighted by Crippen LogP contribution is 2.66. The van der Waals surface area contributed by atoms with Crippen LogP contribution >= 0.6 is 0 Å². The van der Waals surface area contributed by atoms with Crippen molar-refractivity contribution in [1.29, 1.82) is 0 Å². The van der Waals surface area contributed by atoms with E-state index in [1.54, 1.807) is 0 Å². The largest absolute Gasteiger partial charge is 0.381 e. The molecule has 0 bridgehead atoms. The highest BCUT2D eigenvalue weighted by atomic mass is 16.5. The molecule has 0 saturated heterocycles. The van der Waals surface area contributed by atoms with Crippen molar-refractivity contribution in [2.24, 2.45) is 40.4 Å². The third-order valence-corrected chi connectivity index (χ3v) is 10.7. The van der Waals surface area contributed by atoms with Crippen molar-refractivity contribution in [3.05, 3.63) is 29.8 Å². The van der Waals surface area contributed by atoms with E-state index in [2.05, 4.69) is 68.9 Å². The average Bonchev–Trinajstić information content (AvgIpc) is 3.14. The zero-order valence-corrected chi connectivity index (χ0v) is 21.0. The lowest BCUT2D eigenvalue weighted by atomic mass is 9.44. The smallest absolute Gasteiger partial charge is 0.0627 e. The fourth-order valence-electron chi connectivity index (χ4n) is 8.76. The van der Waals surface area contributed by atoms with Gasteiger partial charge in [0.2, 0.25) is 0 Å². The van der Waals surface area contributed by atoms with Crippen LogP contribution in [0, 0.1) is 52.3 Å². The predicted octanol–water partition coefficient (Wildman–Crippen LogP) is 6.78. The standard InChI is InChI=1S/C30H43NO/c1-29-18-16-22(7-6-21-8-11-24(12-9-21)31(3)4)20-23(29)10-13-25-26-14-15-28(32-5)30(26,2)19-17-27(25)29/h8-9,11-12,22-23,25-28H,10,13-20H2,1-5H3/t22?,23?,25-,26-,27+,28?,29-,30-/m0/s1. The van der Waals surface area contributed by atoms with E-state index in [1.807, 2.05) is 7.11 Å². The fourth-order valence-corrected chi connectivity index (χ4v) is 8.76. The summed E-state index contributed by atoms with van der Waals surface area (Å²) in [4.78, 5) is 2.14. The molecule has 8 atom stereocenters. The van der Waals surface area contributed by atoms with Crippen LogP contribution in [0.15, 0.2) is 24.3 Å². The molecule has 5 rings (SSSR count). The second kappa shape index (κ2) is 8.39. The van der Waals surface area contributed by atoms with Crippen molar-refractivity contribution < 1.29 is 4.74 Å². The number of fused-ring (bicyclic) bond motifs is 5. The number of anilines is 1. The monoisotopic (exact) mass is 433 g/mol. The maximum Gasteiger partial charge on any atom is 0.0627 e. The Hall–Kier alpha value is -1.46. The maximum atomic E-state index is 5.97. The Bertz CT molecular complexity index is 878. The van der Waals surface area contributed by atoms with E-state index < -0.39 is 0 Å². The minimum absolute atomic E-state index is 0.434. The second-order valence-electron chi connectivity index (χ2n) is 12.2. The molecule has 32 heavy (non-hydrogen) atoms. The molecule has 4 aliphatic carbocycles. The molecule has 0 radical (unpaired) electrons. The van der Waals surface area contributed by atoms with Crippen molar-refractivity contribution >= 4 is 5.69 Å². The van der Waals surface area contributed by atoms with Gasteiger partial charge in [-0.3, -0.25) is 0 Å². The van der Waals surface area contributed by atoms with Crippen LogP contribution in [0.1, 0.15) is 77.2 Å². The van der Waals surface area contributed by atoms with Crippen LogP contribution in [-0.4, -0.2) is 27.3 Å². The van der Waals surface area contributed by atoms with Gasteiger partial charge in [-0.05, 0) is 117 Å². The lowest BCUT2D eigenvalue weighted by Crippen LogP contribution is -2.54.